The van der Waals surface area contributed by atoms with Gasteiger partial charge in [-0.15, -0.1) is 0 Å². The van der Waals surface area contributed by atoms with Gasteiger partial charge in [-0.2, -0.15) is 0 Å². The number of unbranched alkanes of at least 4 members (excludes halogenated alkanes) is 1. The van der Waals surface area contributed by atoms with Gasteiger partial charge in [-0.25, -0.2) is 0 Å². The van der Waals surface area contributed by atoms with Gasteiger partial charge in [0, 0.05) is 19.2 Å². The maximum atomic E-state index is 13.0. The highest BCUT2D eigenvalue weighted by Gasteiger charge is 2.27. The third-order valence-corrected chi connectivity index (χ3v) is 4.59. The van der Waals surface area contributed by atoms with Crippen molar-refractivity contribution in [1.82, 2.24) is 4.90 Å². The molecule has 1 heterocycles. The molecular weight excluding hydrogens is 290 g/mol. The van der Waals surface area contributed by atoms with Crippen LogP contribution in [0.5, 0.6) is 11.5 Å². The Morgan fingerprint density at radius 2 is 1.70 bits per heavy atom. The molecule has 0 aromatic heterocycles. The summed E-state index contributed by atoms with van der Waals surface area (Å²) in [4.78, 5) is 15.1. The number of hydrogen-bond donors (Lipinski definition) is 0. The SMILES string of the molecule is CCCCC(C(=O)N1CCCCC1)c1cc(OC)cc(OC)c1. The molecule has 1 aromatic rings. The molecule has 1 saturated heterocycles. The summed E-state index contributed by atoms with van der Waals surface area (Å²) in [7, 11) is 3.29. The van der Waals surface area contributed by atoms with Gasteiger partial charge in [-0.05, 0) is 43.4 Å². The number of carbonyl (C=O) groups excluding carboxylic acids is 1. The highest BCUT2D eigenvalue weighted by Crippen LogP contribution is 2.32. The third kappa shape index (κ3) is 4.63. The summed E-state index contributed by atoms with van der Waals surface area (Å²) < 4.78 is 10.7. The second-order valence-corrected chi connectivity index (χ2v) is 6.23. The molecule has 1 amide bonds. The van der Waals surface area contributed by atoms with Crippen LogP contribution in [-0.2, 0) is 4.79 Å². The summed E-state index contributed by atoms with van der Waals surface area (Å²) in [5.41, 5.74) is 1.00. The molecule has 23 heavy (non-hydrogen) atoms. The van der Waals surface area contributed by atoms with Gasteiger partial charge in [-0.3, -0.25) is 4.79 Å². The second-order valence-electron chi connectivity index (χ2n) is 6.23. The lowest BCUT2D eigenvalue weighted by atomic mass is 9.91. The predicted molar refractivity (Wildman–Crippen MR) is 92.2 cm³/mol. The number of likely N-dealkylation sites (tertiary alicyclic amines) is 1. The van der Waals surface area contributed by atoms with Crippen molar-refractivity contribution in [3.8, 4) is 11.5 Å². The van der Waals surface area contributed by atoms with E-state index >= 15 is 0 Å². The van der Waals surface area contributed by atoms with Crippen molar-refractivity contribution in [3.05, 3.63) is 23.8 Å². The van der Waals surface area contributed by atoms with Gasteiger partial charge in [0.15, 0.2) is 0 Å². The van der Waals surface area contributed by atoms with E-state index in [-0.39, 0.29) is 11.8 Å². The zero-order valence-corrected chi connectivity index (χ0v) is 14.6. The molecule has 1 fully saturated rings. The molecule has 0 N–H and O–H groups in total. The van der Waals surface area contributed by atoms with E-state index in [1.807, 2.05) is 23.1 Å². The predicted octanol–water partition coefficient (Wildman–Crippen LogP) is 3.99. The Morgan fingerprint density at radius 3 is 2.22 bits per heavy atom. The number of benzene rings is 1. The Hall–Kier alpha value is -1.71. The van der Waals surface area contributed by atoms with Crippen molar-refractivity contribution in [3.63, 3.8) is 0 Å². The fourth-order valence-corrected chi connectivity index (χ4v) is 3.21. The van der Waals surface area contributed by atoms with Crippen molar-refractivity contribution >= 4 is 5.91 Å². The first-order chi connectivity index (χ1) is 11.2. The molecule has 0 spiro atoms. The number of piperidine rings is 1. The normalized spacial score (nSPS) is 16.0. The molecule has 1 aliphatic heterocycles. The summed E-state index contributed by atoms with van der Waals surface area (Å²) in [6.07, 6.45) is 6.48. The van der Waals surface area contributed by atoms with Crippen LogP contribution in [0.2, 0.25) is 0 Å². The summed E-state index contributed by atoms with van der Waals surface area (Å²) in [6.45, 7) is 3.94. The van der Waals surface area contributed by atoms with E-state index in [1.54, 1.807) is 14.2 Å². The van der Waals surface area contributed by atoms with Crippen molar-refractivity contribution in [2.45, 2.75) is 51.4 Å². The van der Waals surface area contributed by atoms with E-state index < -0.39 is 0 Å². The summed E-state index contributed by atoms with van der Waals surface area (Å²) in [5, 5.41) is 0. The zero-order chi connectivity index (χ0) is 16.7. The molecule has 2 rings (SSSR count). The number of ether oxygens (including phenoxy) is 2. The number of rotatable bonds is 7. The molecule has 128 valence electrons. The van der Waals surface area contributed by atoms with Crippen LogP contribution < -0.4 is 9.47 Å². The number of amides is 1. The quantitative estimate of drug-likeness (QED) is 0.763. The standard InChI is InChI=1S/C19H29NO3/c1-4-5-9-18(19(21)20-10-7-6-8-11-20)15-12-16(22-2)14-17(13-15)23-3/h12-14,18H,4-11H2,1-3H3. The van der Waals surface area contributed by atoms with E-state index in [9.17, 15) is 4.79 Å². The molecule has 0 radical (unpaired) electrons. The lowest BCUT2D eigenvalue weighted by Gasteiger charge is -2.31. The van der Waals surface area contributed by atoms with E-state index in [0.29, 0.717) is 0 Å². The Balaban J connectivity index is 2.27. The van der Waals surface area contributed by atoms with Gasteiger partial charge in [0.05, 0.1) is 20.1 Å². The van der Waals surface area contributed by atoms with Gasteiger partial charge < -0.3 is 14.4 Å². The van der Waals surface area contributed by atoms with Gasteiger partial charge in [0.2, 0.25) is 5.91 Å². The molecule has 4 heteroatoms. The Bertz CT molecular complexity index is 487. The monoisotopic (exact) mass is 319 g/mol. The molecular formula is C19H29NO3. The first-order valence-electron chi connectivity index (χ1n) is 8.71. The topological polar surface area (TPSA) is 38.8 Å². The molecule has 1 atom stereocenters. The van der Waals surface area contributed by atoms with Crippen LogP contribution in [0.4, 0.5) is 0 Å². The maximum absolute atomic E-state index is 13.0. The lowest BCUT2D eigenvalue weighted by molar-refractivity contribution is -0.133. The molecule has 1 aliphatic rings. The van der Waals surface area contributed by atoms with Crippen molar-refractivity contribution in [2.24, 2.45) is 0 Å². The fraction of sp³-hybridized carbons (Fsp3) is 0.632. The number of nitrogens with zero attached hydrogens (tertiary/aromatic N) is 1. The van der Waals surface area contributed by atoms with E-state index in [1.165, 1.54) is 6.42 Å². The average molecular weight is 319 g/mol. The largest absolute Gasteiger partial charge is 0.497 e. The highest BCUT2D eigenvalue weighted by molar-refractivity contribution is 5.84. The Labute approximate surface area is 139 Å². The van der Waals surface area contributed by atoms with Crippen LogP contribution in [-0.4, -0.2) is 38.1 Å². The summed E-state index contributed by atoms with van der Waals surface area (Å²) in [6, 6.07) is 5.81. The van der Waals surface area contributed by atoms with E-state index in [4.69, 9.17) is 9.47 Å². The van der Waals surface area contributed by atoms with Crippen LogP contribution in [0.1, 0.15) is 56.9 Å². The van der Waals surface area contributed by atoms with Crippen molar-refractivity contribution in [2.75, 3.05) is 27.3 Å². The molecule has 0 saturated carbocycles. The number of methoxy groups -OCH3 is 2. The third-order valence-electron chi connectivity index (χ3n) is 4.59. The average Bonchev–Trinajstić information content (AvgIpc) is 2.62. The number of carbonyl (C=O) groups is 1. The van der Waals surface area contributed by atoms with Crippen molar-refractivity contribution < 1.29 is 14.3 Å². The smallest absolute Gasteiger partial charge is 0.230 e. The lowest BCUT2D eigenvalue weighted by Crippen LogP contribution is -2.39. The molecule has 0 aliphatic carbocycles. The molecule has 4 nitrogen and oxygen atoms in total. The molecule has 1 aromatic carbocycles. The zero-order valence-electron chi connectivity index (χ0n) is 14.6. The first kappa shape index (κ1) is 17.6. The Morgan fingerprint density at radius 1 is 1.09 bits per heavy atom. The molecule has 1 unspecified atom stereocenters. The summed E-state index contributed by atoms with van der Waals surface area (Å²) >= 11 is 0. The van der Waals surface area contributed by atoms with Crippen LogP contribution in [0.15, 0.2) is 18.2 Å². The number of hydrogen-bond acceptors (Lipinski definition) is 3. The minimum atomic E-state index is -0.1000. The van der Waals surface area contributed by atoms with E-state index in [2.05, 4.69) is 6.92 Å². The van der Waals surface area contributed by atoms with Crippen LogP contribution in [0.25, 0.3) is 0 Å². The van der Waals surface area contributed by atoms with E-state index in [0.717, 1.165) is 62.3 Å². The van der Waals surface area contributed by atoms with Crippen LogP contribution in [0.3, 0.4) is 0 Å². The highest BCUT2D eigenvalue weighted by atomic mass is 16.5. The second kappa shape index (κ2) is 8.80. The van der Waals surface area contributed by atoms with Crippen molar-refractivity contribution in [1.29, 1.82) is 0 Å². The van der Waals surface area contributed by atoms with Gasteiger partial charge >= 0.3 is 0 Å². The van der Waals surface area contributed by atoms with Crippen LogP contribution in [0, 0.1) is 0 Å². The van der Waals surface area contributed by atoms with Gasteiger partial charge in [0.25, 0.3) is 0 Å². The Kier molecular flexibility index (Phi) is 6.75. The minimum Gasteiger partial charge on any atom is -0.497 e. The maximum Gasteiger partial charge on any atom is 0.230 e. The fourth-order valence-electron chi connectivity index (χ4n) is 3.21. The summed E-state index contributed by atoms with van der Waals surface area (Å²) in [5.74, 6) is 1.64. The minimum absolute atomic E-state index is 0.1000. The van der Waals surface area contributed by atoms with Gasteiger partial charge in [-0.1, -0.05) is 19.8 Å². The van der Waals surface area contributed by atoms with Crippen LogP contribution >= 0.6 is 0 Å². The first-order valence-corrected chi connectivity index (χ1v) is 8.71. The van der Waals surface area contributed by atoms with Gasteiger partial charge in [0.1, 0.15) is 11.5 Å². The molecule has 0 bridgehead atoms.